The highest BCUT2D eigenvalue weighted by molar-refractivity contribution is 7.56. The van der Waals surface area contributed by atoms with Crippen LogP contribution < -0.4 is 10.4 Å². The Kier molecular flexibility index (Phi) is 15.0. The quantitative estimate of drug-likeness (QED) is 0.0376. The Balaban J connectivity index is 1.24. The fourth-order valence-electron chi connectivity index (χ4n) is 6.43. The Hall–Kier alpha value is -5.80. The number of aromatic amines is 1. The summed E-state index contributed by atoms with van der Waals surface area (Å²) in [7, 11) is -3.80. The van der Waals surface area contributed by atoms with Crippen molar-refractivity contribution >= 4 is 36.3 Å². The topological polar surface area (TPSA) is 136 Å². The molecule has 57 heavy (non-hydrogen) atoms. The lowest BCUT2D eigenvalue weighted by Gasteiger charge is -2.27. The number of ether oxygens (including phenoxy) is 2. The average Bonchev–Trinajstić information content (AvgIpc) is 3.66. The van der Waals surface area contributed by atoms with Crippen LogP contribution in [0, 0.1) is 0 Å². The second kappa shape index (κ2) is 20.9. The number of aromatic nitrogens is 1. The van der Waals surface area contributed by atoms with Crippen molar-refractivity contribution in [3.05, 3.63) is 180 Å². The lowest BCUT2D eigenvalue weighted by Crippen LogP contribution is -2.51. The predicted octanol–water partition coefficient (Wildman–Crippen LogP) is 8.46. The summed E-state index contributed by atoms with van der Waals surface area (Å²) in [5.74, 6) is -2.07. The summed E-state index contributed by atoms with van der Waals surface area (Å²) in [6.07, 6.45) is 3.54. The van der Waals surface area contributed by atoms with E-state index in [-0.39, 0.29) is 32.4 Å². The van der Waals surface area contributed by atoms with Crippen molar-refractivity contribution in [3.63, 3.8) is 0 Å². The van der Waals surface area contributed by atoms with Gasteiger partial charge in [-0.15, -0.1) is 0 Å². The van der Waals surface area contributed by atoms with Crippen LogP contribution >= 0.6 is 7.52 Å². The maximum atomic E-state index is 14.8. The van der Waals surface area contributed by atoms with E-state index in [0.717, 1.165) is 51.6 Å². The van der Waals surface area contributed by atoms with Crippen molar-refractivity contribution < 1.29 is 32.9 Å². The molecule has 6 rings (SSSR count). The lowest BCUT2D eigenvalue weighted by atomic mass is 10.0. The van der Waals surface area contributed by atoms with Gasteiger partial charge in [0, 0.05) is 29.7 Å². The fourth-order valence-corrected chi connectivity index (χ4v) is 8.44. The van der Waals surface area contributed by atoms with E-state index in [1.165, 1.54) is 0 Å². The maximum Gasteiger partial charge on any atom is 0.329 e. The number of unbranched alkanes of at least 4 members (excludes halogenated alkanes) is 1. The summed E-state index contributed by atoms with van der Waals surface area (Å²) < 4.78 is 32.3. The second-order valence-corrected chi connectivity index (χ2v) is 16.2. The third-order valence-corrected chi connectivity index (χ3v) is 11.7. The van der Waals surface area contributed by atoms with E-state index in [0.29, 0.717) is 6.42 Å². The summed E-state index contributed by atoms with van der Waals surface area (Å²) >= 11 is 0. The molecule has 0 bridgehead atoms. The minimum absolute atomic E-state index is 0.00106. The van der Waals surface area contributed by atoms with Crippen LogP contribution in [0.2, 0.25) is 0 Å². The van der Waals surface area contributed by atoms with Gasteiger partial charge in [-0.2, -0.15) is 0 Å². The number of hydrogen-bond donors (Lipinski definition) is 3. The molecule has 1 heterocycles. The lowest BCUT2D eigenvalue weighted by molar-refractivity contribution is -0.149. The zero-order valence-corrected chi connectivity index (χ0v) is 32.7. The first-order valence-corrected chi connectivity index (χ1v) is 21.0. The van der Waals surface area contributed by atoms with Gasteiger partial charge in [-0.3, -0.25) is 14.2 Å². The smallest absolute Gasteiger partial charge is 0.329 e. The molecule has 1 amide bonds. The third-order valence-electron chi connectivity index (χ3n) is 9.50. The molecule has 0 aliphatic rings. The predicted molar refractivity (Wildman–Crippen MR) is 221 cm³/mol. The van der Waals surface area contributed by atoms with Crippen LogP contribution in [0.3, 0.4) is 0 Å². The number of amides is 1. The SMILES string of the molecule is O=C(CC(NP(=O)(CCCCc1ccccc1)OCc1ccccc1)C(=O)NC(Cc1c[nH]c2ccccc12)C(=O)OCc1ccccc1)OCc1ccccc1. The Labute approximate surface area is 333 Å². The number of benzene rings is 5. The molecular weight excluding hydrogens is 737 g/mol. The number of rotatable bonds is 21. The summed E-state index contributed by atoms with van der Waals surface area (Å²) in [5, 5.41) is 6.72. The second-order valence-electron chi connectivity index (χ2n) is 13.8. The van der Waals surface area contributed by atoms with Gasteiger partial charge >= 0.3 is 11.9 Å². The van der Waals surface area contributed by atoms with E-state index in [1.807, 2.05) is 146 Å². The van der Waals surface area contributed by atoms with Crippen molar-refractivity contribution in [2.24, 2.45) is 0 Å². The number of para-hydroxylation sites is 1. The first-order chi connectivity index (χ1) is 27.8. The standard InChI is InChI=1S/C46H48N3O7P/c50-44(54-32-36-20-7-2-8-21-36)30-42(49-57(53,56-34-38-24-11-4-12-25-38)28-16-15-19-35-17-5-1-6-18-35)45(51)48-43(46(52)55-33-37-22-9-3-10-23-37)29-39-31-47-41-27-14-13-26-40(39)41/h1-14,17-18,20-27,31,42-43,47H,15-16,19,28-30,32-34H2,(H,48,51)(H,49,53). The molecule has 0 saturated heterocycles. The van der Waals surface area contributed by atoms with Gasteiger partial charge in [0.05, 0.1) is 13.0 Å². The van der Waals surface area contributed by atoms with E-state index in [2.05, 4.69) is 15.4 Å². The van der Waals surface area contributed by atoms with Crippen LogP contribution in [0.4, 0.5) is 0 Å². The van der Waals surface area contributed by atoms with Gasteiger partial charge in [0.1, 0.15) is 25.3 Å². The van der Waals surface area contributed by atoms with Gasteiger partial charge in [0.15, 0.2) is 0 Å². The number of fused-ring (bicyclic) bond motifs is 1. The highest BCUT2D eigenvalue weighted by Gasteiger charge is 2.35. The Morgan fingerprint density at radius 3 is 1.79 bits per heavy atom. The first kappa shape index (κ1) is 40.9. The Bertz CT molecular complexity index is 2220. The highest BCUT2D eigenvalue weighted by Crippen LogP contribution is 2.45. The van der Waals surface area contributed by atoms with E-state index in [1.54, 1.807) is 6.20 Å². The molecule has 0 spiro atoms. The highest BCUT2D eigenvalue weighted by atomic mass is 31.2. The van der Waals surface area contributed by atoms with Crippen molar-refractivity contribution in [2.75, 3.05) is 6.16 Å². The molecule has 294 valence electrons. The van der Waals surface area contributed by atoms with E-state index < -0.39 is 43.9 Å². The number of carbonyl (C=O) groups excluding carboxylic acids is 3. The summed E-state index contributed by atoms with van der Waals surface area (Å²) in [4.78, 5) is 44.9. The molecule has 11 heteroatoms. The van der Waals surface area contributed by atoms with Crippen LogP contribution in [-0.4, -0.2) is 41.1 Å². The largest absolute Gasteiger partial charge is 0.461 e. The summed E-state index contributed by atoms with van der Waals surface area (Å²) in [5.41, 5.74) is 5.17. The molecule has 0 radical (unpaired) electrons. The summed E-state index contributed by atoms with van der Waals surface area (Å²) in [6, 6.07) is 42.9. The summed E-state index contributed by atoms with van der Waals surface area (Å²) in [6.45, 7) is 0.00912. The van der Waals surface area contributed by atoms with Gasteiger partial charge in [0.2, 0.25) is 5.91 Å². The maximum absolute atomic E-state index is 14.8. The minimum atomic E-state index is -3.80. The van der Waals surface area contributed by atoms with Crippen LogP contribution in [-0.2, 0) is 65.6 Å². The molecule has 3 N–H and O–H groups in total. The van der Waals surface area contributed by atoms with Crippen LogP contribution in [0.5, 0.6) is 0 Å². The van der Waals surface area contributed by atoms with Gasteiger partial charge in [-0.1, -0.05) is 140 Å². The average molecular weight is 786 g/mol. The van der Waals surface area contributed by atoms with Crippen molar-refractivity contribution in [2.45, 2.75) is 64.0 Å². The Morgan fingerprint density at radius 2 is 1.16 bits per heavy atom. The normalized spacial score (nSPS) is 13.3. The van der Waals surface area contributed by atoms with Crippen molar-refractivity contribution in [1.29, 1.82) is 0 Å². The van der Waals surface area contributed by atoms with Gasteiger partial charge in [-0.25, -0.2) is 9.88 Å². The van der Waals surface area contributed by atoms with E-state index in [9.17, 15) is 18.9 Å². The molecule has 3 unspecified atom stereocenters. The van der Waals surface area contributed by atoms with E-state index >= 15 is 0 Å². The van der Waals surface area contributed by atoms with Gasteiger partial charge < -0.3 is 24.3 Å². The molecule has 0 saturated carbocycles. The monoisotopic (exact) mass is 785 g/mol. The fraction of sp³-hybridized carbons (Fsp3) is 0.239. The van der Waals surface area contributed by atoms with Gasteiger partial charge in [0.25, 0.3) is 7.52 Å². The molecule has 0 aliphatic heterocycles. The number of hydrogen-bond acceptors (Lipinski definition) is 7. The van der Waals surface area contributed by atoms with Crippen molar-refractivity contribution in [3.8, 4) is 0 Å². The molecule has 0 aliphatic carbocycles. The molecular formula is C46H48N3O7P. The molecule has 5 aromatic carbocycles. The molecule has 0 fully saturated rings. The van der Waals surface area contributed by atoms with Gasteiger partial charge in [-0.05, 0) is 53.1 Å². The van der Waals surface area contributed by atoms with Crippen LogP contribution in [0.15, 0.2) is 152 Å². The van der Waals surface area contributed by atoms with Crippen molar-refractivity contribution in [1.82, 2.24) is 15.4 Å². The number of carbonyl (C=O) groups is 3. The Morgan fingerprint density at radius 1 is 0.614 bits per heavy atom. The number of H-pyrrole nitrogens is 1. The zero-order chi connectivity index (χ0) is 39.7. The minimum Gasteiger partial charge on any atom is -0.461 e. The van der Waals surface area contributed by atoms with E-state index in [4.69, 9.17) is 14.0 Å². The number of aryl methyl sites for hydroxylation is 1. The molecule has 1 aromatic heterocycles. The third kappa shape index (κ3) is 12.9. The molecule has 6 aromatic rings. The van der Waals surface area contributed by atoms with Crippen LogP contribution in [0.1, 0.15) is 47.1 Å². The first-order valence-electron chi connectivity index (χ1n) is 19.2. The molecule has 10 nitrogen and oxygen atoms in total. The number of esters is 2. The van der Waals surface area contributed by atoms with Crippen LogP contribution in [0.25, 0.3) is 10.9 Å². The number of nitrogens with one attached hydrogen (secondary N) is 3. The molecule has 3 atom stereocenters. The zero-order valence-electron chi connectivity index (χ0n) is 31.8.